The van der Waals surface area contributed by atoms with Crippen LogP contribution in [0.2, 0.25) is 0 Å². The minimum Gasteiger partial charge on any atom is -0.487 e. The summed E-state index contributed by atoms with van der Waals surface area (Å²) >= 11 is 0. The molecule has 0 aliphatic carbocycles. The monoisotopic (exact) mass is 492 g/mol. The Morgan fingerprint density at radius 3 is 2.24 bits per heavy atom. The Morgan fingerprint density at radius 2 is 1.74 bits per heavy atom. The number of ether oxygens (including phenoxy) is 2. The van der Waals surface area contributed by atoms with Crippen molar-refractivity contribution < 1.29 is 27.5 Å². The summed E-state index contributed by atoms with van der Waals surface area (Å²) in [6.45, 7) is 6.09. The first kappa shape index (κ1) is 25.2. The molecule has 0 saturated carbocycles. The molecule has 11 nitrogen and oxygen atoms in total. The molecule has 1 aromatic heterocycles. The van der Waals surface area contributed by atoms with E-state index in [1.165, 1.54) is 24.3 Å². The Morgan fingerprint density at radius 1 is 1.15 bits per heavy atom. The Labute approximate surface area is 197 Å². The van der Waals surface area contributed by atoms with Gasteiger partial charge in [-0.15, -0.1) is 0 Å². The van der Waals surface area contributed by atoms with Crippen molar-refractivity contribution in [2.45, 2.75) is 50.2 Å². The number of hydrogen-bond acceptors (Lipinski definition) is 8. The second-order valence-electron chi connectivity index (χ2n) is 9.05. The average molecular weight is 493 g/mol. The molecule has 34 heavy (non-hydrogen) atoms. The van der Waals surface area contributed by atoms with E-state index in [0.29, 0.717) is 31.5 Å². The lowest BCUT2D eigenvalue weighted by atomic mass is 10.0. The van der Waals surface area contributed by atoms with Crippen molar-refractivity contribution in [1.29, 1.82) is 0 Å². The van der Waals surface area contributed by atoms with Gasteiger partial charge >= 0.3 is 6.09 Å². The van der Waals surface area contributed by atoms with Gasteiger partial charge in [0.25, 0.3) is 11.5 Å². The Hall–Kier alpha value is -3.41. The summed E-state index contributed by atoms with van der Waals surface area (Å²) in [5.41, 5.74) is 4.32. The molecule has 2 amide bonds. The molecule has 1 aliphatic heterocycles. The molecular weight excluding hydrogens is 464 g/mol. The molecule has 0 radical (unpaired) electrons. The lowest BCUT2D eigenvalue weighted by Crippen LogP contribution is -2.44. The van der Waals surface area contributed by atoms with Crippen molar-refractivity contribution in [3.63, 3.8) is 0 Å². The first-order chi connectivity index (χ1) is 15.8. The first-order valence-electron chi connectivity index (χ1n) is 10.6. The number of carbonyl (C=O) groups excluding carboxylic acids is 2. The van der Waals surface area contributed by atoms with Crippen molar-refractivity contribution in [2.75, 3.05) is 19.3 Å². The summed E-state index contributed by atoms with van der Waals surface area (Å²) < 4.78 is 35.0. The zero-order valence-electron chi connectivity index (χ0n) is 19.5. The van der Waals surface area contributed by atoms with E-state index in [4.69, 9.17) is 15.2 Å². The lowest BCUT2D eigenvalue weighted by Gasteiger charge is -2.33. The number of hydrogen-bond donors (Lipinski definition) is 2. The first-order valence-corrected chi connectivity index (χ1v) is 12.5. The molecule has 184 valence electrons. The lowest BCUT2D eigenvalue weighted by molar-refractivity contribution is 0.0126. The maximum absolute atomic E-state index is 12.7. The highest BCUT2D eigenvalue weighted by atomic mass is 32.2. The quantitative estimate of drug-likeness (QED) is 0.637. The molecule has 3 rings (SSSR count). The minimum absolute atomic E-state index is 0.0124. The fraction of sp³-hybridized carbons (Fsp3) is 0.455. The number of carbonyl (C=O) groups is 2. The average Bonchev–Trinajstić information content (AvgIpc) is 2.72. The van der Waals surface area contributed by atoms with Gasteiger partial charge in [-0.3, -0.25) is 9.59 Å². The van der Waals surface area contributed by atoms with Gasteiger partial charge in [0, 0.05) is 32.2 Å². The molecule has 1 saturated heterocycles. The zero-order chi connectivity index (χ0) is 25.3. The van der Waals surface area contributed by atoms with E-state index in [-0.39, 0.29) is 21.9 Å². The van der Waals surface area contributed by atoms with Crippen LogP contribution in [0.25, 0.3) is 11.1 Å². The van der Waals surface area contributed by atoms with Crippen molar-refractivity contribution in [2.24, 2.45) is 5.73 Å². The van der Waals surface area contributed by atoms with Crippen molar-refractivity contribution >= 4 is 21.8 Å². The van der Waals surface area contributed by atoms with Crippen LogP contribution in [0.4, 0.5) is 4.79 Å². The van der Waals surface area contributed by atoms with Crippen molar-refractivity contribution in [3.8, 4) is 16.9 Å². The molecule has 1 aromatic carbocycles. The molecule has 0 spiro atoms. The van der Waals surface area contributed by atoms with E-state index in [1.54, 1.807) is 25.7 Å². The van der Waals surface area contributed by atoms with Gasteiger partial charge in [-0.05, 0) is 38.5 Å². The second-order valence-corrected chi connectivity index (χ2v) is 11.1. The van der Waals surface area contributed by atoms with Gasteiger partial charge in [0.15, 0.2) is 21.3 Å². The van der Waals surface area contributed by atoms with E-state index >= 15 is 0 Å². The van der Waals surface area contributed by atoms with Crippen LogP contribution in [-0.4, -0.2) is 66.6 Å². The summed E-state index contributed by atoms with van der Waals surface area (Å²) in [6.07, 6.45) is 1.08. The summed E-state index contributed by atoms with van der Waals surface area (Å²) in [7, 11) is -3.44. The number of rotatable bonds is 5. The molecule has 12 heteroatoms. The molecular formula is C22H28N4O7S. The third kappa shape index (κ3) is 5.93. The van der Waals surface area contributed by atoms with E-state index in [1.807, 2.05) is 0 Å². The fourth-order valence-corrected chi connectivity index (χ4v) is 4.13. The van der Waals surface area contributed by atoms with Gasteiger partial charge in [-0.1, -0.05) is 12.1 Å². The number of H-pyrrole nitrogens is 1. The van der Waals surface area contributed by atoms with Crippen LogP contribution in [-0.2, 0) is 14.6 Å². The van der Waals surface area contributed by atoms with Crippen LogP contribution in [0.15, 0.2) is 34.0 Å². The molecule has 0 unspecified atom stereocenters. The number of nitrogens with one attached hydrogen (secondary N) is 1. The predicted octanol–water partition coefficient (Wildman–Crippen LogP) is 1.72. The van der Waals surface area contributed by atoms with Crippen LogP contribution >= 0.6 is 0 Å². The molecule has 1 fully saturated rings. The van der Waals surface area contributed by atoms with Crippen LogP contribution in [0.3, 0.4) is 0 Å². The Kier molecular flexibility index (Phi) is 7.01. The van der Waals surface area contributed by atoms with E-state index in [9.17, 15) is 22.8 Å². The highest BCUT2D eigenvalue weighted by molar-refractivity contribution is 7.90. The predicted molar refractivity (Wildman–Crippen MR) is 123 cm³/mol. The van der Waals surface area contributed by atoms with Gasteiger partial charge in [0.1, 0.15) is 11.7 Å². The summed E-state index contributed by atoms with van der Waals surface area (Å²) in [6, 6.07) is 5.61. The number of aromatic nitrogens is 2. The van der Waals surface area contributed by atoms with E-state index in [2.05, 4.69) is 10.2 Å². The number of likely N-dealkylation sites (tertiary alicyclic amines) is 1. The number of amides is 2. The van der Waals surface area contributed by atoms with Gasteiger partial charge < -0.3 is 20.1 Å². The Balaban J connectivity index is 1.89. The molecule has 0 atom stereocenters. The second kappa shape index (κ2) is 9.45. The van der Waals surface area contributed by atoms with Crippen LogP contribution in [0, 0.1) is 0 Å². The summed E-state index contributed by atoms with van der Waals surface area (Å²) in [5.74, 6) is -0.981. The molecule has 2 heterocycles. The molecule has 2 aromatic rings. The number of nitrogens with two attached hydrogens (primary N) is 1. The fourth-order valence-electron chi connectivity index (χ4n) is 3.50. The number of nitrogens with zero attached hydrogens (tertiary/aromatic N) is 2. The smallest absolute Gasteiger partial charge is 0.410 e. The maximum Gasteiger partial charge on any atom is 0.410 e. The van der Waals surface area contributed by atoms with Crippen LogP contribution in [0.5, 0.6) is 5.75 Å². The number of sulfone groups is 1. The summed E-state index contributed by atoms with van der Waals surface area (Å²) in [5, 5.41) is 5.99. The van der Waals surface area contributed by atoms with Gasteiger partial charge in [0.05, 0.1) is 10.5 Å². The summed E-state index contributed by atoms with van der Waals surface area (Å²) in [4.78, 5) is 38.7. The Bertz CT molecular complexity index is 1240. The molecule has 0 bridgehead atoms. The number of aromatic amines is 1. The zero-order valence-corrected chi connectivity index (χ0v) is 20.3. The largest absolute Gasteiger partial charge is 0.487 e. The van der Waals surface area contributed by atoms with Crippen molar-refractivity contribution in [3.05, 3.63) is 40.3 Å². The van der Waals surface area contributed by atoms with Gasteiger partial charge in [0.2, 0.25) is 0 Å². The number of benzene rings is 1. The minimum atomic E-state index is -3.44. The van der Waals surface area contributed by atoms with Gasteiger partial charge in [-0.25, -0.2) is 18.3 Å². The van der Waals surface area contributed by atoms with Crippen LogP contribution < -0.4 is 16.0 Å². The third-order valence-electron chi connectivity index (χ3n) is 5.12. The molecule has 3 N–H and O–H groups in total. The highest BCUT2D eigenvalue weighted by Crippen LogP contribution is 2.32. The SMILES string of the molecule is CC(C)(C)OC(=O)N1CCC(Oc2c(C(N)=O)n[nH]c(=O)c2-c2ccc(S(C)(=O)=O)cc2)CC1. The number of primary amides is 1. The maximum atomic E-state index is 12.7. The van der Waals surface area contributed by atoms with E-state index in [0.717, 1.165) is 6.26 Å². The van der Waals surface area contributed by atoms with Crippen molar-refractivity contribution in [1.82, 2.24) is 15.1 Å². The topological polar surface area (TPSA) is 162 Å². The van der Waals surface area contributed by atoms with Gasteiger partial charge in [-0.2, -0.15) is 5.10 Å². The highest BCUT2D eigenvalue weighted by Gasteiger charge is 2.30. The van der Waals surface area contributed by atoms with E-state index < -0.39 is 39.1 Å². The van der Waals surface area contributed by atoms with Crippen LogP contribution in [0.1, 0.15) is 44.1 Å². The number of piperidine rings is 1. The third-order valence-corrected chi connectivity index (χ3v) is 6.25. The molecule has 1 aliphatic rings. The normalized spacial score (nSPS) is 15.1. The standard InChI is InChI=1S/C22H28N4O7S/c1-22(2,3)33-21(29)26-11-9-14(10-12-26)32-18-16(20(28)25-24-17(18)19(23)27)13-5-7-15(8-6-13)34(4,30)31/h5-8,14H,9-12H2,1-4H3,(H2,23,27)(H,25,28).